The highest BCUT2D eigenvalue weighted by Gasteiger charge is 2.19. The maximum atomic E-state index is 6.69. The molecule has 2 heteroatoms. The fourth-order valence-electron chi connectivity index (χ4n) is 5.93. The van der Waals surface area contributed by atoms with Gasteiger partial charge in [-0.25, -0.2) is 0 Å². The van der Waals surface area contributed by atoms with Crippen molar-refractivity contribution in [2.75, 3.05) is 4.90 Å². The number of hydrogen-bond acceptors (Lipinski definition) is 2. The molecule has 7 aromatic carbocycles. The van der Waals surface area contributed by atoms with Gasteiger partial charge in [0.2, 0.25) is 0 Å². The summed E-state index contributed by atoms with van der Waals surface area (Å²) < 4.78 is 6.69. The van der Waals surface area contributed by atoms with Crippen LogP contribution in [0.5, 0.6) is 0 Å². The average Bonchev–Trinajstić information content (AvgIpc) is 3.38. The number of fused-ring (bicyclic) bond motifs is 5. The van der Waals surface area contributed by atoms with Crippen LogP contribution in [0.3, 0.4) is 0 Å². The van der Waals surface area contributed by atoms with Crippen LogP contribution in [-0.4, -0.2) is 0 Å². The first kappa shape index (κ1) is 22.6. The van der Waals surface area contributed by atoms with E-state index in [2.05, 4.69) is 157 Å². The summed E-state index contributed by atoms with van der Waals surface area (Å²) in [5.41, 5.74) is 7.43. The highest BCUT2D eigenvalue weighted by Crippen LogP contribution is 2.44. The Labute approximate surface area is 232 Å². The highest BCUT2D eigenvalue weighted by atomic mass is 16.3. The molecule has 0 amide bonds. The molecule has 0 fully saturated rings. The minimum absolute atomic E-state index is 0.886. The van der Waals surface area contributed by atoms with Crippen LogP contribution >= 0.6 is 0 Å². The number of rotatable bonds is 4. The Hall–Kier alpha value is -5.34. The normalized spacial score (nSPS) is 11.5. The number of para-hydroxylation sites is 2. The van der Waals surface area contributed by atoms with E-state index in [4.69, 9.17) is 4.42 Å². The molecule has 0 aliphatic heterocycles. The molecule has 0 aliphatic rings. The second-order valence-electron chi connectivity index (χ2n) is 10.2. The van der Waals surface area contributed by atoms with Crippen LogP contribution in [0, 0.1) is 0 Å². The Balaban J connectivity index is 1.40. The van der Waals surface area contributed by atoms with E-state index < -0.39 is 0 Å². The van der Waals surface area contributed by atoms with E-state index in [1.54, 1.807) is 0 Å². The molecule has 0 atom stereocenters. The lowest BCUT2D eigenvalue weighted by molar-refractivity contribution is 0.670. The van der Waals surface area contributed by atoms with E-state index in [1.165, 1.54) is 21.5 Å². The van der Waals surface area contributed by atoms with Crippen LogP contribution in [0.25, 0.3) is 54.6 Å². The minimum atomic E-state index is 0.886. The second kappa shape index (κ2) is 9.14. The summed E-state index contributed by atoms with van der Waals surface area (Å²) in [4.78, 5) is 2.30. The first-order valence-electron chi connectivity index (χ1n) is 13.6. The van der Waals surface area contributed by atoms with Gasteiger partial charge in [0, 0.05) is 33.4 Å². The van der Waals surface area contributed by atoms with Gasteiger partial charge in [0.15, 0.2) is 0 Å². The second-order valence-corrected chi connectivity index (χ2v) is 10.2. The standard InChI is InChI=1S/C38H25NO/c1-3-14-30(15-4-1)39(31-16-5-2-6-17-31)32-21-22-36-34(25-32)35-24-28-13-9-10-18-33(28)37(38(35)40-36)29-20-19-26-11-7-8-12-27(26)23-29/h1-25H. The molecule has 1 aromatic heterocycles. The molecular weight excluding hydrogens is 486 g/mol. The van der Waals surface area contributed by atoms with E-state index in [0.717, 1.165) is 50.1 Å². The van der Waals surface area contributed by atoms with Crippen molar-refractivity contribution in [1.29, 1.82) is 0 Å². The lowest BCUT2D eigenvalue weighted by Crippen LogP contribution is -2.09. The molecule has 0 bridgehead atoms. The molecule has 1 heterocycles. The van der Waals surface area contributed by atoms with Crippen molar-refractivity contribution in [2.45, 2.75) is 0 Å². The molecule has 0 aliphatic carbocycles. The van der Waals surface area contributed by atoms with Gasteiger partial charge in [-0.3, -0.25) is 0 Å². The van der Waals surface area contributed by atoms with E-state index in [-0.39, 0.29) is 0 Å². The van der Waals surface area contributed by atoms with Crippen LogP contribution in [0.1, 0.15) is 0 Å². The van der Waals surface area contributed by atoms with Crippen LogP contribution in [0.4, 0.5) is 17.1 Å². The van der Waals surface area contributed by atoms with E-state index in [1.807, 2.05) is 0 Å². The molecule has 2 nitrogen and oxygen atoms in total. The Morgan fingerprint density at radius 1 is 0.400 bits per heavy atom. The third-order valence-corrected chi connectivity index (χ3v) is 7.79. The Bertz CT molecular complexity index is 2120. The number of benzene rings is 7. The van der Waals surface area contributed by atoms with Crippen LogP contribution in [0.15, 0.2) is 156 Å². The molecule has 40 heavy (non-hydrogen) atoms. The van der Waals surface area contributed by atoms with Gasteiger partial charge in [0.05, 0.1) is 0 Å². The van der Waals surface area contributed by atoms with E-state index in [9.17, 15) is 0 Å². The Morgan fingerprint density at radius 3 is 1.80 bits per heavy atom. The zero-order valence-corrected chi connectivity index (χ0v) is 21.8. The van der Waals surface area contributed by atoms with Crippen molar-refractivity contribution in [3.8, 4) is 11.1 Å². The van der Waals surface area contributed by atoms with Crippen LogP contribution < -0.4 is 4.90 Å². The molecular formula is C38H25NO. The molecule has 0 saturated carbocycles. The van der Waals surface area contributed by atoms with Gasteiger partial charge in [-0.2, -0.15) is 0 Å². The lowest BCUT2D eigenvalue weighted by Gasteiger charge is -2.25. The third kappa shape index (κ3) is 3.65. The highest BCUT2D eigenvalue weighted by molar-refractivity contribution is 6.19. The SMILES string of the molecule is c1ccc(N(c2ccccc2)c2ccc3oc4c(-c5ccc6ccccc6c5)c5ccccc5cc4c3c2)cc1. The summed E-state index contributed by atoms with van der Waals surface area (Å²) in [7, 11) is 0. The minimum Gasteiger partial charge on any atom is -0.455 e. The number of anilines is 3. The molecule has 0 saturated heterocycles. The van der Waals surface area contributed by atoms with Gasteiger partial charge in [-0.1, -0.05) is 97.1 Å². The molecule has 0 radical (unpaired) electrons. The number of furan rings is 1. The summed E-state index contributed by atoms with van der Waals surface area (Å²) in [5, 5.41) is 7.09. The van der Waals surface area contributed by atoms with E-state index >= 15 is 0 Å². The molecule has 8 rings (SSSR count). The zero-order chi connectivity index (χ0) is 26.5. The van der Waals surface area contributed by atoms with Crippen molar-refractivity contribution in [2.24, 2.45) is 0 Å². The van der Waals surface area contributed by atoms with Crippen molar-refractivity contribution in [1.82, 2.24) is 0 Å². The quantitative estimate of drug-likeness (QED) is 0.234. The largest absolute Gasteiger partial charge is 0.455 e. The fraction of sp³-hybridized carbons (Fsp3) is 0. The van der Waals surface area contributed by atoms with Gasteiger partial charge in [0.1, 0.15) is 11.2 Å². The van der Waals surface area contributed by atoms with Gasteiger partial charge < -0.3 is 9.32 Å². The molecule has 8 aromatic rings. The summed E-state index contributed by atoms with van der Waals surface area (Å²) >= 11 is 0. The van der Waals surface area contributed by atoms with E-state index in [0.29, 0.717) is 0 Å². The Morgan fingerprint density at radius 2 is 1.05 bits per heavy atom. The van der Waals surface area contributed by atoms with Gasteiger partial charge in [0.25, 0.3) is 0 Å². The van der Waals surface area contributed by atoms with Crippen molar-refractivity contribution >= 4 is 60.5 Å². The summed E-state index contributed by atoms with van der Waals surface area (Å²) in [5.74, 6) is 0. The molecule has 0 N–H and O–H groups in total. The first-order chi connectivity index (χ1) is 19.8. The van der Waals surface area contributed by atoms with Crippen LogP contribution in [0.2, 0.25) is 0 Å². The number of nitrogens with zero attached hydrogens (tertiary/aromatic N) is 1. The first-order valence-corrected chi connectivity index (χ1v) is 13.6. The maximum Gasteiger partial charge on any atom is 0.143 e. The number of hydrogen-bond donors (Lipinski definition) is 0. The lowest BCUT2D eigenvalue weighted by atomic mass is 9.94. The van der Waals surface area contributed by atoms with Crippen molar-refractivity contribution < 1.29 is 4.42 Å². The van der Waals surface area contributed by atoms with Gasteiger partial charge in [-0.05, 0) is 81.7 Å². The Kier molecular flexibility index (Phi) is 5.17. The summed E-state index contributed by atoms with van der Waals surface area (Å²) in [6, 6.07) is 53.7. The molecule has 0 spiro atoms. The van der Waals surface area contributed by atoms with Crippen molar-refractivity contribution in [3.63, 3.8) is 0 Å². The molecule has 188 valence electrons. The maximum absolute atomic E-state index is 6.69. The van der Waals surface area contributed by atoms with Crippen molar-refractivity contribution in [3.05, 3.63) is 152 Å². The zero-order valence-electron chi connectivity index (χ0n) is 21.8. The van der Waals surface area contributed by atoms with Crippen LogP contribution in [-0.2, 0) is 0 Å². The topological polar surface area (TPSA) is 16.4 Å². The predicted molar refractivity (Wildman–Crippen MR) is 169 cm³/mol. The monoisotopic (exact) mass is 511 g/mol. The third-order valence-electron chi connectivity index (χ3n) is 7.79. The smallest absolute Gasteiger partial charge is 0.143 e. The average molecular weight is 512 g/mol. The fourth-order valence-corrected chi connectivity index (χ4v) is 5.93. The summed E-state index contributed by atoms with van der Waals surface area (Å²) in [6.45, 7) is 0. The predicted octanol–water partition coefficient (Wildman–Crippen LogP) is 11.0. The summed E-state index contributed by atoms with van der Waals surface area (Å²) in [6.07, 6.45) is 0. The van der Waals surface area contributed by atoms with Gasteiger partial charge >= 0.3 is 0 Å². The van der Waals surface area contributed by atoms with Gasteiger partial charge in [-0.15, -0.1) is 0 Å². The molecule has 0 unspecified atom stereocenters.